The van der Waals surface area contributed by atoms with Crippen molar-refractivity contribution >= 4 is 0 Å². The molecular formula is C14H21N5O. The minimum atomic E-state index is -0.0645. The zero-order valence-electron chi connectivity index (χ0n) is 12.4. The molecule has 0 spiro atoms. The zero-order valence-corrected chi connectivity index (χ0v) is 12.4. The molecule has 0 aromatic carbocycles. The largest absolute Gasteiger partial charge is 0.496 e. The summed E-state index contributed by atoms with van der Waals surface area (Å²) < 4.78 is 7.17. The maximum absolute atomic E-state index is 5.94. The molecule has 6 heteroatoms. The van der Waals surface area contributed by atoms with Crippen LogP contribution in [0.1, 0.15) is 41.9 Å². The van der Waals surface area contributed by atoms with Crippen LogP contribution in [-0.4, -0.2) is 27.1 Å². The second kappa shape index (κ2) is 6.00. The summed E-state index contributed by atoms with van der Waals surface area (Å²) >= 11 is 0. The average Bonchev–Trinajstić information content (AvgIpc) is 2.90. The number of hydrogen-bond donors (Lipinski definition) is 1. The molecule has 2 N–H and O–H groups in total. The number of rotatable bonds is 5. The van der Waals surface area contributed by atoms with Gasteiger partial charge in [0.2, 0.25) is 0 Å². The van der Waals surface area contributed by atoms with Crippen molar-refractivity contribution in [1.29, 1.82) is 0 Å². The van der Waals surface area contributed by atoms with Crippen LogP contribution in [0.5, 0.6) is 5.75 Å². The van der Waals surface area contributed by atoms with Gasteiger partial charge in [-0.1, -0.05) is 12.1 Å². The van der Waals surface area contributed by atoms with Gasteiger partial charge in [0.1, 0.15) is 5.75 Å². The molecule has 0 saturated heterocycles. The predicted molar refractivity (Wildman–Crippen MR) is 76.6 cm³/mol. The van der Waals surface area contributed by atoms with Gasteiger partial charge in [0.05, 0.1) is 37.3 Å². The zero-order chi connectivity index (χ0) is 14.7. The molecule has 0 aliphatic rings. The molecule has 108 valence electrons. The van der Waals surface area contributed by atoms with Crippen molar-refractivity contribution in [2.75, 3.05) is 7.11 Å². The van der Waals surface area contributed by atoms with Gasteiger partial charge in [0, 0.05) is 17.3 Å². The molecule has 20 heavy (non-hydrogen) atoms. The Hall–Kier alpha value is -1.95. The third-order valence-corrected chi connectivity index (χ3v) is 3.44. The van der Waals surface area contributed by atoms with Crippen LogP contribution in [0.25, 0.3) is 0 Å². The van der Waals surface area contributed by atoms with Crippen molar-refractivity contribution in [1.82, 2.24) is 20.0 Å². The maximum Gasteiger partial charge on any atom is 0.128 e. The summed E-state index contributed by atoms with van der Waals surface area (Å²) in [5.74, 6) is 0.876. The molecule has 1 unspecified atom stereocenters. The molecule has 2 heterocycles. The van der Waals surface area contributed by atoms with Gasteiger partial charge in [-0.3, -0.25) is 4.98 Å². The number of hydrogen-bond acceptors (Lipinski definition) is 5. The molecule has 0 fully saturated rings. The predicted octanol–water partition coefficient (Wildman–Crippen LogP) is 1.76. The van der Waals surface area contributed by atoms with Crippen molar-refractivity contribution in [2.24, 2.45) is 5.73 Å². The monoisotopic (exact) mass is 275 g/mol. The van der Waals surface area contributed by atoms with Crippen LogP contribution in [0.15, 0.2) is 12.4 Å². The highest BCUT2D eigenvalue weighted by Gasteiger charge is 2.12. The number of nitrogens with zero attached hydrogens (tertiary/aromatic N) is 4. The highest BCUT2D eigenvalue weighted by atomic mass is 16.5. The van der Waals surface area contributed by atoms with Crippen molar-refractivity contribution in [2.45, 2.75) is 39.8 Å². The Labute approximate surface area is 119 Å². The number of methoxy groups -OCH3 is 1. The number of nitrogens with two attached hydrogens (primary N) is 1. The Kier molecular flexibility index (Phi) is 4.34. The van der Waals surface area contributed by atoms with Crippen molar-refractivity contribution in [3.63, 3.8) is 0 Å². The van der Waals surface area contributed by atoms with Crippen LogP contribution < -0.4 is 10.5 Å². The van der Waals surface area contributed by atoms with Crippen LogP contribution in [-0.2, 0) is 6.54 Å². The third kappa shape index (κ3) is 2.80. The molecule has 2 aromatic heterocycles. The van der Waals surface area contributed by atoms with Crippen LogP contribution in [0.3, 0.4) is 0 Å². The van der Waals surface area contributed by atoms with Crippen LogP contribution in [0.4, 0.5) is 0 Å². The van der Waals surface area contributed by atoms with Gasteiger partial charge >= 0.3 is 0 Å². The second-order valence-electron chi connectivity index (χ2n) is 4.90. The summed E-state index contributed by atoms with van der Waals surface area (Å²) in [6.07, 6.45) is 4.53. The number of aryl methyl sites for hydroxylation is 1. The summed E-state index contributed by atoms with van der Waals surface area (Å²) in [6.45, 7) is 6.58. The van der Waals surface area contributed by atoms with E-state index in [2.05, 4.69) is 15.3 Å². The Morgan fingerprint density at radius 2 is 2.15 bits per heavy atom. The van der Waals surface area contributed by atoms with E-state index in [0.29, 0.717) is 6.54 Å². The van der Waals surface area contributed by atoms with E-state index in [4.69, 9.17) is 10.5 Å². The van der Waals surface area contributed by atoms with E-state index in [-0.39, 0.29) is 6.04 Å². The van der Waals surface area contributed by atoms with Gasteiger partial charge in [-0.15, -0.1) is 5.10 Å². The molecule has 0 saturated carbocycles. The average molecular weight is 275 g/mol. The van der Waals surface area contributed by atoms with Crippen LogP contribution in [0.2, 0.25) is 0 Å². The highest BCUT2D eigenvalue weighted by Crippen LogP contribution is 2.24. The van der Waals surface area contributed by atoms with Crippen molar-refractivity contribution in [3.05, 3.63) is 34.9 Å². The molecule has 0 radical (unpaired) electrons. The van der Waals surface area contributed by atoms with Crippen LogP contribution >= 0.6 is 0 Å². The van der Waals surface area contributed by atoms with Gasteiger partial charge in [-0.25, -0.2) is 4.68 Å². The highest BCUT2D eigenvalue weighted by molar-refractivity contribution is 5.41. The van der Waals surface area contributed by atoms with Gasteiger partial charge < -0.3 is 10.5 Å². The normalized spacial score (nSPS) is 12.4. The first kappa shape index (κ1) is 14.5. The topological polar surface area (TPSA) is 78.9 Å². The first-order valence-electron chi connectivity index (χ1n) is 6.71. The number of pyridine rings is 1. The summed E-state index contributed by atoms with van der Waals surface area (Å²) in [7, 11) is 1.67. The second-order valence-corrected chi connectivity index (χ2v) is 4.90. The minimum Gasteiger partial charge on any atom is -0.496 e. The maximum atomic E-state index is 5.94. The Bertz CT molecular complexity index is 593. The smallest absolute Gasteiger partial charge is 0.128 e. The summed E-state index contributed by atoms with van der Waals surface area (Å²) in [5, 5.41) is 8.21. The standard InChI is InChI=1S/C14H21N5O/c1-5-11(15)13-8-19(18-17-13)7-12-10(3)14(20-4)9(2)6-16-12/h6,8,11H,5,7,15H2,1-4H3. The fourth-order valence-electron chi connectivity index (χ4n) is 2.15. The lowest BCUT2D eigenvalue weighted by Crippen LogP contribution is -2.09. The van der Waals surface area contributed by atoms with Gasteiger partial charge in [-0.05, 0) is 20.3 Å². The minimum absolute atomic E-state index is 0.0645. The molecule has 0 aliphatic carbocycles. The molecule has 0 aliphatic heterocycles. The first-order valence-corrected chi connectivity index (χ1v) is 6.71. The van der Waals surface area contributed by atoms with E-state index in [1.807, 2.05) is 33.2 Å². The number of aromatic nitrogens is 4. The first-order chi connectivity index (χ1) is 9.56. The van der Waals surface area contributed by atoms with Crippen molar-refractivity contribution in [3.8, 4) is 5.75 Å². The Morgan fingerprint density at radius 3 is 2.80 bits per heavy atom. The fourth-order valence-corrected chi connectivity index (χ4v) is 2.15. The van der Waals surface area contributed by atoms with E-state index in [0.717, 1.165) is 34.7 Å². The van der Waals surface area contributed by atoms with E-state index in [1.165, 1.54) is 0 Å². The van der Waals surface area contributed by atoms with Gasteiger partial charge in [-0.2, -0.15) is 0 Å². The van der Waals surface area contributed by atoms with E-state index < -0.39 is 0 Å². The lowest BCUT2D eigenvalue weighted by molar-refractivity contribution is 0.406. The Balaban J connectivity index is 2.24. The molecule has 2 aromatic rings. The summed E-state index contributed by atoms with van der Waals surface area (Å²) in [5.41, 5.74) is 9.74. The third-order valence-electron chi connectivity index (χ3n) is 3.44. The molecule has 0 amide bonds. The molecule has 6 nitrogen and oxygen atoms in total. The summed E-state index contributed by atoms with van der Waals surface area (Å²) in [4.78, 5) is 4.46. The van der Waals surface area contributed by atoms with E-state index >= 15 is 0 Å². The lowest BCUT2D eigenvalue weighted by atomic mass is 10.1. The van der Waals surface area contributed by atoms with Gasteiger partial charge in [0.15, 0.2) is 0 Å². The molecule has 1 atom stereocenters. The van der Waals surface area contributed by atoms with E-state index in [1.54, 1.807) is 11.8 Å². The molecule has 0 bridgehead atoms. The SMILES string of the molecule is CCC(N)c1cn(Cc2ncc(C)c(OC)c2C)nn1. The Morgan fingerprint density at radius 1 is 1.40 bits per heavy atom. The molecule has 2 rings (SSSR count). The number of ether oxygens (including phenoxy) is 1. The van der Waals surface area contributed by atoms with E-state index in [9.17, 15) is 0 Å². The van der Waals surface area contributed by atoms with Crippen LogP contribution in [0, 0.1) is 13.8 Å². The van der Waals surface area contributed by atoms with Gasteiger partial charge in [0.25, 0.3) is 0 Å². The summed E-state index contributed by atoms with van der Waals surface area (Å²) in [6, 6.07) is -0.0645. The van der Waals surface area contributed by atoms with Crippen molar-refractivity contribution < 1.29 is 4.74 Å². The fraction of sp³-hybridized carbons (Fsp3) is 0.500. The quantitative estimate of drug-likeness (QED) is 0.899. The lowest BCUT2D eigenvalue weighted by Gasteiger charge is -2.11. The molecular weight excluding hydrogens is 254 g/mol.